The first-order chi connectivity index (χ1) is 8.78. The molecular formula is C15H12O2S. The topological polar surface area (TPSA) is 29.5 Å². The Morgan fingerprint density at radius 3 is 2.61 bits per heavy atom. The third-order valence-electron chi connectivity index (χ3n) is 2.95. The fourth-order valence-corrected chi connectivity index (χ4v) is 2.81. The number of fused-ring (bicyclic) bond motifs is 1. The Bertz CT molecular complexity index is 701. The van der Waals surface area contributed by atoms with Crippen LogP contribution in [0.3, 0.4) is 0 Å². The summed E-state index contributed by atoms with van der Waals surface area (Å²) in [5, 5.41) is 14.5. The van der Waals surface area contributed by atoms with E-state index in [4.69, 9.17) is 4.74 Å². The third kappa shape index (κ3) is 1.83. The molecule has 1 heterocycles. The molecule has 3 rings (SSSR count). The van der Waals surface area contributed by atoms with Crippen molar-refractivity contribution in [1.82, 2.24) is 0 Å². The Hall–Kier alpha value is -2.00. The van der Waals surface area contributed by atoms with Crippen molar-refractivity contribution >= 4 is 22.1 Å². The number of thiophene rings is 1. The molecule has 0 spiro atoms. The van der Waals surface area contributed by atoms with Gasteiger partial charge in [0.25, 0.3) is 0 Å². The summed E-state index contributed by atoms with van der Waals surface area (Å²) in [5.74, 6) is 0.295. The zero-order chi connectivity index (χ0) is 12.5. The van der Waals surface area contributed by atoms with Crippen molar-refractivity contribution in [2.45, 2.75) is 0 Å². The van der Waals surface area contributed by atoms with Crippen LogP contribution in [-0.4, -0.2) is 12.2 Å². The molecule has 0 bridgehead atoms. The smallest absolute Gasteiger partial charge is 0.181 e. The number of ether oxygens (including phenoxy) is 1. The van der Waals surface area contributed by atoms with Gasteiger partial charge in [-0.2, -0.15) is 0 Å². The molecule has 0 unspecified atom stereocenters. The van der Waals surface area contributed by atoms with Gasteiger partial charge >= 0.3 is 0 Å². The summed E-state index contributed by atoms with van der Waals surface area (Å²) >= 11 is 1.59. The molecule has 0 aliphatic carbocycles. The van der Waals surface area contributed by atoms with Gasteiger partial charge in [0.2, 0.25) is 0 Å². The fourth-order valence-electron chi connectivity index (χ4n) is 2.07. The summed E-state index contributed by atoms with van der Waals surface area (Å²) in [6.07, 6.45) is 0. The van der Waals surface area contributed by atoms with Crippen LogP contribution in [0, 0.1) is 0 Å². The Morgan fingerprint density at radius 2 is 1.78 bits per heavy atom. The fraction of sp³-hybridized carbons (Fsp3) is 0.0667. The van der Waals surface area contributed by atoms with Gasteiger partial charge < -0.3 is 9.84 Å². The lowest BCUT2D eigenvalue weighted by Gasteiger charge is -2.05. The Morgan fingerprint density at radius 1 is 1.00 bits per heavy atom. The largest absolute Gasteiger partial charge is 0.508 e. The van der Waals surface area contributed by atoms with E-state index in [1.54, 1.807) is 30.6 Å². The molecule has 0 atom stereocenters. The molecule has 2 aromatic carbocycles. The summed E-state index contributed by atoms with van der Waals surface area (Å²) in [5.41, 5.74) is 2.24. The molecule has 0 fully saturated rings. The second-order valence-electron chi connectivity index (χ2n) is 4.07. The van der Waals surface area contributed by atoms with E-state index in [0.29, 0.717) is 5.75 Å². The predicted molar refractivity (Wildman–Crippen MR) is 75.5 cm³/mol. The first-order valence-corrected chi connectivity index (χ1v) is 6.50. The number of phenols is 1. The zero-order valence-electron chi connectivity index (χ0n) is 9.88. The second-order valence-corrected chi connectivity index (χ2v) is 4.95. The zero-order valence-corrected chi connectivity index (χ0v) is 10.7. The highest BCUT2D eigenvalue weighted by Crippen LogP contribution is 2.36. The molecule has 0 saturated carbocycles. The summed E-state index contributed by atoms with van der Waals surface area (Å²) in [4.78, 5) is 0. The number of methoxy groups -OCH3 is 1. The molecule has 3 heteroatoms. The standard InChI is InChI=1S/C15H12O2S/c1-17-15-14(6-7-18-15)12-3-2-11-9-13(16)5-4-10(11)8-12/h2-9,16H,1H3. The lowest BCUT2D eigenvalue weighted by atomic mass is 10.0. The van der Waals surface area contributed by atoms with Crippen molar-refractivity contribution in [1.29, 1.82) is 0 Å². The van der Waals surface area contributed by atoms with Crippen LogP contribution in [-0.2, 0) is 0 Å². The molecule has 1 aromatic heterocycles. The number of phenolic OH excluding ortho intramolecular Hbond substituents is 1. The van der Waals surface area contributed by atoms with E-state index in [1.165, 1.54) is 0 Å². The molecule has 3 aromatic rings. The van der Waals surface area contributed by atoms with Gasteiger partial charge in [-0.05, 0) is 46.0 Å². The predicted octanol–water partition coefficient (Wildman–Crippen LogP) is 4.28. The maximum atomic E-state index is 9.45. The lowest BCUT2D eigenvalue weighted by Crippen LogP contribution is -1.82. The van der Waals surface area contributed by atoms with E-state index >= 15 is 0 Å². The highest BCUT2D eigenvalue weighted by molar-refractivity contribution is 7.12. The molecule has 0 aliphatic heterocycles. The highest BCUT2D eigenvalue weighted by Gasteiger charge is 2.07. The van der Waals surface area contributed by atoms with E-state index in [-0.39, 0.29) is 0 Å². The van der Waals surface area contributed by atoms with Crippen LogP contribution < -0.4 is 4.74 Å². The Labute approximate surface area is 109 Å². The normalized spacial score (nSPS) is 10.7. The molecule has 1 N–H and O–H groups in total. The lowest BCUT2D eigenvalue weighted by molar-refractivity contribution is 0.428. The van der Waals surface area contributed by atoms with Crippen LogP contribution in [0.2, 0.25) is 0 Å². The van der Waals surface area contributed by atoms with Crippen molar-refractivity contribution in [2.24, 2.45) is 0 Å². The molecule has 2 nitrogen and oxygen atoms in total. The van der Waals surface area contributed by atoms with Gasteiger partial charge in [-0.3, -0.25) is 0 Å². The maximum Gasteiger partial charge on any atom is 0.181 e. The van der Waals surface area contributed by atoms with E-state index in [1.807, 2.05) is 23.6 Å². The first-order valence-electron chi connectivity index (χ1n) is 5.62. The number of hydrogen-bond acceptors (Lipinski definition) is 3. The van der Waals surface area contributed by atoms with E-state index in [0.717, 1.165) is 27.0 Å². The van der Waals surface area contributed by atoms with Gasteiger partial charge in [-0.25, -0.2) is 0 Å². The van der Waals surface area contributed by atoms with Gasteiger partial charge in [-0.15, -0.1) is 11.3 Å². The van der Waals surface area contributed by atoms with Crippen LogP contribution in [0.1, 0.15) is 0 Å². The van der Waals surface area contributed by atoms with E-state index in [9.17, 15) is 5.11 Å². The minimum absolute atomic E-state index is 0.295. The van der Waals surface area contributed by atoms with Gasteiger partial charge in [0.15, 0.2) is 5.06 Å². The number of aromatic hydroxyl groups is 1. The van der Waals surface area contributed by atoms with E-state index in [2.05, 4.69) is 12.1 Å². The average molecular weight is 256 g/mol. The van der Waals surface area contributed by atoms with Crippen molar-refractivity contribution in [2.75, 3.05) is 7.11 Å². The minimum Gasteiger partial charge on any atom is -0.508 e. The average Bonchev–Trinajstić information content (AvgIpc) is 2.86. The van der Waals surface area contributed by atoms with Gasteiger partial charge in [0.05, 0.1) is 7.11 Å². The molecule has 0 aliphatic rings. The number of benzene rings is 2. The summed E-state index contributed by atoms with van der Waals surface area (Å²) < 4.78 is 5.35. The minimum atomic E-state index is 0.295. The van der Waals surface area contributed by atoms with Crippen LogP contribution in [0.5, 0.6) is 10.8 Å². The Balaban J connectivity index is 2.16. The second kappa shape index (κ2) is 4.35. The maximum absolute atomic E-state index is 9.45. The van der Waals surface area contributed by atoms with E-state index < -0.39 is 0 Å². The van der Waals surface area contributed by atoms with Crippen molar-refractivity contribution in [3.8, 4) is 21.9 Å². The number of hydrogen-bond donors (Lipinski definition) is 1. The molecule has 18 heavy (non-hydrogen) atoms. The first kappa shape index (κ1) is 11.1. The van der Waals surface area contributed by atoms with Crippen LogP contribution in [0.4, 0.5) is 0 Å². The molecule has 0 radical (unpaired) electrons. The summed E-state index contributed by atoms with van der Waals surface area (Å²) in [6, 6.07) is 13.6. The molecule has 0 saturated heterocycles. The molecular weight excluding hydrogens is 244 g/mol. The Kier molecular flexibility index (Phi) is 2.68. The van der Waals surface area contributed by atoms with Crippen molar-refractivity contribution < 1.29 is 9.84 Å². The third-order valence-corrected chi connectivity index (χ3v) is 3.82. The van der Waals surface area contributed by atoms with Gasteiger partial charge in [-0.1, -0.05) is 18.2 Å². The summed E-state index contributed by atoms with van der Waals surface area (Å²) in [6.45, 7) is 0. The van der Waals surface area contributed by atoms with Gasteiger partial charge in [0, 0.05) is 5.56 Å². The van der Waals surface area contributed by atoms with Crippen LogP contribution >= 0.6 is 11.3 Å². The van der Waals surface area contributed by atoms with Crippen LogP contribution in [0.15, 0.2) is 47.8 Å². The van der Waals surface area contributed by atoms with Crippen molar-refractivity contribution in [3.05, 3.63) is 47.8 Å². The highest BCUT2D eigenvalue weighted by atomic mass is 32.1. The summed E-state index contributed by atoms with van der Waals surface area (Å²) in [7, 11) is 1.69. The van der Waals surface area contributed by atoms with Crippen molar-refractivity contribution in [3.63, 3.8) is 0 Å². The van der Waals surface area contributed by atoms with Crippen LogP contribution in [0.25, 0.3) is 21.9 Å². The number of rotatable bonds is 2. The van der Waals surface area contributed by atoms with Gasteiger partial charge in [0.1, 0.15) is 5.75 Å². The quantitative estimate of drug-likeness (QED) is 0.741. The monoisotopic (exact) mass is 256 g/mol. The molecule has 90 valence electrons. The molecule has 0 amide bonds. The SMILES string of the molecule is COc1sccc1-c1ccc2cc(O)ccc2c1.